The van der Waals surface area contributed by atoms with Crippen molar-refractivity contribution < 1.29 is 19.1 Å². The van der Waals surface area contributed by atoms with Crippen LogP contribution >= 0.6 is 0 Å². The molecule has 0 heterocycles. The van der Waals surface area contributed by atoms with Crippen LogP contribution in [0.2, 0.25) is 0 Å². The van der Waals surface area contributed by atoms with E-state index in [9.17, 15) is 9.59 Å². The summed E-state index contributed by atoms with van der Waals surface area (Å²) in [6.07, 6.45) is 0. The average Bonchev–Trinajstić information content (AvgIpc) is 2.54. The molecule has 0 fully saturated rings. The van der Waals surface area contributed by atoms with Gasteiger partial charge in [-0.2, -0.15) is 0 Å². The maximum absolute atomic E-state index is 12.5. The third-order valence-corrected chi connectivity index (χ3v) is 3.12. The largest absolute Gasteiger partial charge is 0.496 e. The molecule has 0 saturated carbocycles. The summed E-state index contributed by atoms with van der Waals surface area (Å²) in [4.78, 5) is 23.7. The maximum atomic E-state index is 12.5. The van der Waals surface area contributed by atoms with Gasteiger partial charge in [-0.25, -0.2) is 0 Å². The first kappa shape index (κ1) is 16.4. The predicted molar refractivity (Wildman–Crippen MR) is 88.2 cm³/mol. The number of hydrogen-bond acceptors (Lipinski definition) is 4. The van der Waals surface area contributed by atoms with Crippen LogP contribution in [-0.2, 0) is 4.79 Å². The Hall–Kier alpha value is -3.02. The number of benzene rings is 2. The van der Waals surface area contributed by atoms with E-state index in [0.717, 1.165) is 0 Å². The van der Waals surface area contributed by atoms with Crippen LogP contribution in [0, 0.1) is 0 Å². The molecule has 0 aliphatic rings. The van der Waals surface area contributed by atoms with Crippen LogP contribution in [0.25, 0.3) is 0 Å². The van der Waals surface area contributed by atoms with Crippen molar-refractivity contribution in [1.29, 1.82) is 0 Å². The van der Waals surface area contributed by atoms with Gasteiger partial charge in [-0.3, -0.25) is 9.59 Å². The molecule has 0 atom stereocenters. The van der Waals surface area contributed by atoms with Crippen molar-refractivity contribution in [2.24, 2.45) is 0 Å². The molecular weight excluding hydrogens is 296 g/mol. The van der Waals surface area contributed by atoms with Crippen molar-refractivity contribution in [3.63, 3.8) is 0 Å². The Morgan fingerprint density at radius 2 is 1.61 bits per heavy atom. The SMILES string of the molecule is COc1ccccc1NC(=O)c1cc(NC(C)=O)ccc1OC. The van der Waals surface area contributed by atoms with E-state index in [1.54, 1.807) is 36.4 Å². The second kappa shape index (κ2) is 7.31. The maximum Gasteiger partial charge on any atom is 0.259 e. The second-order valence-electron chi connectivity index (χ2n) is 4.75. The molecule has 2 aromatic rings. The van der Waals surface area contributed by atoms with Crippen molar-refractivity contribution in [3.8, 4) is 11.5 Å². The minimum atomic E-state index is -0.362. The predicted octanol–water partition coefficient (Wildman–Crippen LogP) is 2.91. The summed E-state index contributed by atoms with van der Waals surface area (Å²) in [7, 11) is 3.01. The van der Waals surface area contributed by atoms with Crippen molar-refractivity contribution >= 4 is 23.2 Å². The molecular formula is C17H18N2O4. The van der Waals surface area contributed by atoms with E-state index in [0.29, 0.717) is 28.4 Å². The molecule has 0 aliphatic carbocycles. The van der Waals surface area contributed by atoms with Crippen molar-refractivity contribution in [3.05, 3.63) is 48.0 Å². The van der Waals surface area contributed by atoms with E-state index in [4.69, 9.17) is 9.47 Å². The van der Waals surface area contributed by atoms with Gasteiger partial charge in [-0.1, -0.05) is 12.1 Å². The third-order valence-electron chi connectivity index (χ3n) is 3.12. The smallest absolute Gasteiger partial charge is 0.259 e. The fourth-order valence-corrected chi connectivity index (χ4v) is 2.10. The van der Waals surface area contributed by atoms with Crippen LogP contribution in [0.1, 0.15) is 17.3 Å². The highest BCUT2D eigenvalue weighted by Gasteiger charge is 2.15. The lowest BCUT2D eigenvalue weighted by atomic mass is 10.1. The number of rotatable bonds is 5. The minimum Gasteiger partial charge on any atom is -0.496 e. The number of carbonyl (C=O) groups is 2. The normalized spacial score (nSPS) is 9.87. The van der Waals surface area contributed by atoms with Gasteiger partial charge in [0.2, 0.25) is 5.91 Å². The van der Waals surface area contributed by atoms with Gasteiger partial charge in [-0.05, 0) is 30.3 Å². The Kier molecular flexibility index (Phi) is 5.19. The highest BCUT2D eigenvalue weighted by molar-refractivity contribution is 6.07. The molecule has 120 valence electrons. The summed E-state index contributed by atoms with van der Waals surface area (Å²) >= 11 is 0. The summed E-state index contributed by atoms with van der Waals surface area (Å²) in [6, 6.07) is 11.9. The fourth-order valence-electron chi connectivity index (χ4n) is 2.10. The topological polar surface area (TPSA) is 76.7 Å². The molecule has 0 aromatic heterocycles. The number of ether oxygens (including phenoxy) is 2. The summed E-state index contributed by atoms with van der Waals surface area (Å²) in [5, 5.41) is 5.41. The second-order valence-corrected chi connectivity index (χ2v) is 4.75. The molecule has 2 aromatic carbocycles. The quantitative estimate of drug-likeness (QED) is 0.889. The molecule has 0 unspecified atom stereocenters. The minimum absolute atomic E-state index is 0.216. The highest BCUT2D eigenvalue weighted by Crippen LogP contribution is 2.27. The number of methoxy groups -OCH3 is 2. The zero-order chi connectivity index (χ0) is 16.8. The molecule has 23 heavy (non-hydrogen) atoms. The Balaban J connectivity index is 2.31. The lowest BCUT2D eigenvalue weighted by molar-refractivity contribution is -0.114. The van der Waals surface area contributed by atoms with Gasteiger partial charge in [0.1, 0.15) is 11.5 Å². The molecule has 0 bridgehead atoms. The van der Waals surface area contributed by atoms with Crippen LogP contribution in [-0.4, -0.2) is 26.0 Å². The van der Waals surface area contributed by atoms with Gasteiger partial charge in [0, 0.05) is 12.6 Å². The van der Waals surface area contributed by atoms with Crippen molar-refractivity contribution in [2.75, 3.05) is 24.9 Å². The Labute approximate surface area is 134 Å². The monoisotopic (exact) mass is 314 g/mol. The molecule has 0 radical (unpaired) electrons. The van der Waals surface area contributed by atoms with Gasteiger partial charge in [0.15, 0.2) is 0 Å². The van der Waals surface area contributed by atoms with Gasteiger partial charge in [-0.15, -0.1) is 0 Å². The first-order valence-corrected chi connectivity index (χ1v) is 6.95. The lowest BCUT2D eigenvalue weighted by Crippen LogP contribution is -2.15. The van der Waals surface area contributed by atoms with E-state index < -0.39 is 0 Å². The standard InChI is InChI=1S/C17H18N2O4/c1-11(20)18-12-8-9-15(22-2)13(10-12)17(21)19-14-6-4-5-7-16(14)23-3/h4-10H,1-3H3,(H,18,20)(H,19,21). The molecule has 6 heteroatoms. The molecule has 2 amide bonds. The van der Waals surface area contributed by atoms with Crippen LogP contribution in [0.15, 0.2) is 42.5 Å². The third kappa shape index (κ3) is 4.00. The zero-order valence-electron chi connectivity index (χ0n) is 13.2. The number of anilines is 2. The van der Waals surface area contributed by atoms with Crippen LogP contribution in [0.5, 0.6) is 11.5 Å². The van der Waals surface area contributed by atoms with Crippen LogP contribution in [0.4, 0.5) is 11.4 Å². The van der Waals surface area contributed by atoms with Gasteiger partial charge >= 0.3 is 0 Å². The molecule has 2 N–H and O–H groups in total. The van der Waals surface area contributed by atoms with Crippen molar-refractivity contribution in [1.82, 2.24) is 0 Å². The Morgan fingerprint density at radius 1 is 0.913 bits per heavy atom. The number of carbonyl (C=O) groups excluding carboxylic acids is 2. The van der Waals surface area contributed by atoms with Crippen LogP contribution < -0.4 is 20.1 Å². The zero-order valence-corrected chi connectivity index (χ0v) is 13.2. The first-order chi connectivity index (χ1) is 11.0. The van der Waals surface area contributed by atoms with E-state index in [1.165, 1.54) is 21.1 Å². The number of nitrogens with one attached hydrogen (secondary N) is 2. The van der Waals surface area contributed by atoms with Crippen molar-refractivity contribution in [2.45, 2.75) is 6.92 Å². The number of hydrogen-bond donors (Lipinski definition) is 2. The summed E-state index contributed by atoms with van der Waals surface area (Å²) in [5.41, 5.74) is 1.38. The fraction of sp³-hybridized carbons (Fsp3) is 0.176. The molecule has 0 saturated heterocycles. The van der Waals surface area contributed by atoms with Gasteiger partial charge < -0.3 is 20.1 Å². The van der Waals surface area contributed by atoms with Crippen LogP contribution in [0.3, 0.4) is 0 Å². The Morgan fingerprint density at radius 3 is 2.26 bits per heavy atom. The average molecular weight is 314 g/mol. The molecule has 6 nitrogen and oxygen atoms in total. The lowest BCUT2D eigenvalue weighted by Gasteiger charge is -2.13. The van der Waals surface area contributed by atoms with E-state index in [-0.39, 0.29) is 11.8 Å². The molecule has 0 aliphatic heterocycles. The molecule has 2 rings (SSSR count). The Bertz CT molecular complexity index is 728. The molecule has 0 spiro atoms. The van der Waals surface area contributed by atoms with Gasteiger partial charge in [0.05, 0.1) is 25.5 Å². The summed E-state index contributed by atoms with van der Waals surface area (Å²) < 4.78 is 10.4. The number of amides is 2. The first-order valence-electron chi connectivity index (χ1n) is 6.95. The summed E-state index contributed by atoms with van der Waals surface area (Å²) in [6.45, 7) is 1.40. The highest BCUT2D eigenvalue weighted by atomic mass is 16.5. The van der Waals surface area contributed by atoms with Gasteiger partial charge in [0.25, 0.3) is 5.91 Å². The summed E-state index contributed by atoms with van der Waals surface area (Å²) in [5.74, 6) is 0.383. The van der Waals surface area contributed by atoms with E-state index in [2.05, 4.69) is 10.6 Å². The van der Waals surface area contributed by atoms with E-state index in [1.807, 2.05) is 6.07 Å². The van der Waals surface area contributed by atoms with E-state index >= 15 is 0 Å². The number of para-hydroxylation sites is 2.